The summed E-state index contributed by atoms with van der Waals surface area (Å²) < 4.78 is 0. The number of aliphatic hydroxyl groups excluding tert-OH is 2. The zero-order chi connectivity index (χ0) is 23.6. The van der Waals surface area contributed by atoms with Gasteiger partial charge in [-0.1, -0.05) is 115 Å². The summed E-state index contributed by atoms with van der Waals surface area (Å²) in [5.41, 5.74) is 8.20. The molecule has 0 amide bonds. The lowest BCUT2D eigenvalue weighted by Crippen LogP contribution is -2.29. The van der Waals surface area contributed by atoms with Crippen LogP contribution in [0.5, 0.6) is 0 Å². The van der Waals surface area contributed by atoms with Gasteiger partial charge in [0.2, 0.25) is 0 Å². The number of rotatable bonds is 10. The van der Waals surface area contributed by atoms with Gasteiger partial charge in [-0.25, -0.2) is 0 Å². The Kier molecular flexibility index (Phi) is 8.42. The molecule has 0 aliphatic rings. The summed E-state index contributed by atoms with van der Waals surface area (Å²) in [4.78, 5) is 2.06. The van der Waals surface area contributed by atoms with Gasteiger partial charge in [-0.15, -0.1) is 0 Å². The van der Waals surface area contributed by atoms with Crippen LogP contribution in [0.2, 0.25) is 0 Å². The van der Waals surface area contributed by atoms with E-state index in [0.717, 1.165) is 11.1 Å². The van der Waals surface area contributed by atoms with Crippen LogP contribution in [0, 0.1) is 0 Å². The summed E-state index contributed by atoms with van der Waals surface area (Å²) in [5, 5.41) is 18.7. The normalized spacial score (nSPS) is 10.9. The lowest BCUT2D eigenvalue weighted by molar-refractivity contribution is 0.156. The van der Waals surface area contributed by atoms with Crippen molar-refractivity contribution >= 4 is 11.1 Å². The Bertz CT molecular complexity index is 1120. The van der Waals surface area contributed by atoms with Crippen molar-refractivity contribution in [3.05, 3.63) is 143 Å². The fourth-order valence-corrected chi connectivity index (χ4v) is 4.31. The average Bonchev–Trinajstić information content (AvgIpc) is 2.90. The average molecular weight is 450 g/mol. The molecule has 3 nitrogen and oxygen atoms in total. The van der Waals surface area contributed by atoms with Crippen LogP contribution in [0.4, 0.5) is 0 Å². The Morgan fingerprint density at radius 2 is 0.824 bits per heavy atom. The molecule has 0 heterocycles. The van der Waals surface area contributed by atoms with Gasteiger partial charge in [-0.05, 0) is 39.0 Å². The summed E-state index contributed by atoms with van der Waals surface area (Å²) in [6.45, 7) is 1.94. The molecule has 0 fully saturated rings. The van der Waals surface area contributed by atoms with E-state index in [9.17, 15) is 10.2 Å². The second kappa shape index (κ2) is 12.1. The van der Waals surface area contributed by atoms with Crippen LogP contribution >= 0.6 is 0 Å². The van der Waals surface area contributed by atoms with Gasteiger partial charge in [0.1, 0.15) is 0 Å². The Morgan fingerprint density at radius 1 is 0.471 bits per heavy atom. The third kappa shape index (κ3) is 5.89. The molecule has 0 spiro atoms. The van der Waals surface area contributed by atoms with Gasteiger partial charge in [0.25, 0.3) is 0 Å². The van der Waals surface area contributed by atoms with Gasteiger partial charge >= 0.3 is 0 Å². The molecule has 0 atom stereocenters. The van der Waals surface area contributed by atoms with E-state index in [-0.39, 0.29) is 13.2 Å². The monoisotopic (exact) mass is 449 g/mol. The molecular formula is C31H31NO2. The molecule has 0 radical (unpaired) electrons. The lowest BCUT2D eigenvalue weighted by atomic mass is 9.85. The predicted octanol–water partition coefficient (Wildman–Crippen LogP) is 5.48. The first-order chi connectivity index (χ1) is 16.8. The zero-order valence-corrected chi connectivity index (χ0v) is 19.3. The minimum atomic E-state index is 0.0798. The highest BCUT2D eigenvalue weighted by Gasteiger charge is 2.16. The van der Waals surface area contributed by atoms with E-state index in [1.165, 1.54) is 27.8 Å². The molecule has 172 valence electrons. The van der Waals surface area contributed by atoms with E-state index < -0.39 is 0 Å². The highest BCUT2D eigenvalue weighted by atomic mass is 16.3. The first-order valence-corrected chi connectivity index (χ1v) is 11.7. The molecule has 0 aromatic heterocycles. The Labute approximate surface area is 202 Å². The molecule has 34 heavy (non-hydrogen) atoms. The van der Waals surface area contributed by atoms with Gasteiger partial charge < -0.3 is 10.2 Å². The third-order valence-electron chi connectivity index (χ3n) is 5.92. The van der Waals surface area contributed by atoms with Crippen LogP contribution in [-0.4, -0.2) is 41.4 Å². The maximum atomic E-state index is 9.33. The zero-order valence-electron chi connectivity index (χ0n) is 19.3. The van der Waals surface area contributed by atoms with Crippen molar-refractivity contribution in [1.29, 1.82) is 0 Å². The minimum Gasteiger partial charge on any atom is -0.395 e. The molecule has 0 aliphatic heterocycles. The topological polar surface area (TPSA) is 43.7 Å². The molecule has 2 N–H and O–H groups in total. The number of aliphatic hydroxyl groups is 2. The largest absolute Gasteiger partial charge is 0.395 e. The molecule has 0 unspecified atom stereocenters. The van der Waals surface area contributed by atoms with Crippen LogP contribution < -0.4 is 0 Å². The molecule has 0 aliphatic carbocycles. The maximum Gasteiger partial charge on any atom is 0.0558 e. The maximum absolute atomic E-state index is 9.33. The van der Waals surface area contributed by atoms with Gasteiger partial charge in [0.05, 0.1) is 13.2 Å². The summed E-state index contributed by atoms with van der Waals surface area (Å²) in [7, 11) is 0. The van der Waals surface area contributed by atoms with E-state index in [0.29, 0.717) is 19.6 Å². The minimum absolute atomic E-state index is 0.0798. The molecule has 4 aromatic carbocycles. The molecular weight excluding hydrogens is 418 g/mol. The van der Waals surface area contributed by atoms with Crippen molar-refractivity contribution in [3.8, 4) is 0 Å². The van der Waals surface area contributed by atoms with Crippen molar-refractivity contribution in [1.82, 2.24) is 4.90 Å². The molecule has 0 bridgehead atoms. The highest BCUT2D eigenvalue weighted by molar-refractivity contribution is 6.04. The van der Waals surface area contributed by atoms with Gasteiger partial charge in [-0.2, -0.15) is 0 Å². The fraction of sp³-hybridized carbons (Fsp3) is 0.161. The van der Waals surface area contributed by atoms with Crippen LogP contribution in [-0.2, 0) is 6.54 Å². The van der Waals surface area contributed by atoms with Crippen LogP contribution in [0.15, 0.2) is 115 Å². The predicted molar refractivity (Wildman–Crippen MR) is 140 cm³/mol. The number of nitrogens with zero attached hydrogens (tertiary/aromatic N) is 1. The van der Waals surface area contributed by atoms with Crippen LogP contribution in [0.3, 0.4) is 0 Å². The van der Waals surface area contributed by atoms with Crippen molar-refractivity contribution in [2.45, 2.75) is 6.54 Å². The fourth-order valence-electron chi connectivity index (χ4n) is 4.31. The molecule has 4 aromatic rings. The molecule has 0 saturated heterocycles. The van der Waals surface area contributed by atoms with Gasteiger partial charge in [-0.3, -0.25) is 4.90 Å². The molecule has 4 rings (SSSR count). The highest BCUT2D eigenvalue weighted by Crippen LogP contribution is 2.36. The summed E-state index contributed by atoms with van der Waals surface area (Å²) >= 11 is 0. The quantitative estimate of drug-likeness (QED) is 0.315. The van der Waals surface area contributed by atoms with Crippen molar-refractivity contribution in [2.24, 2.45) is 0 Å². The Balaban J connectivity index is 1.84. The summed E-state index contributed by atoms with van der Waals surface area (Å²) in [5.74, 6) is 0. The van der Waals surface area contributed by atoms with E-state index in [1.54, 1.807) is 0 Å². The van der Waals surface area contributed by atoms with Crippen LogP contribution in [0.25, 0.3) is 11.1 Å². The van der Waals surface area contributed by atoms with E-state index in [4.69, 9.17) is 0 Å². The summed E-state index contributed by atoms with van der Waals surface area (Å²) in [6, 6.07) is 40.3. The molecule has 0 saturated carbocycles. The van der Waals surface area contributed by atoms with Crippen LogP contribution in [0.1, 0.15) is 27.8 Å². The SMILES string of the molecule is OCCN(CCO)Cc1ccc(C(=C(c2ccccc2)c2ccccc2)c2ccccc2)cc1. The summed E-state index contributed by atoms with van der Waals surface area (Å²) in [6.07, 6.45) is 0. The Hall–Kier alpha value is -3.50. The van der Waals surface area contributed by atoms with Gasteiger partial charge in [0, 0.05) is 19.6 Å². The first kappa shape index (κ1) is 23.7. The van der Waals surface area contributed by atoms with Crippen molar-refractivity contribution in [2.75, 3.05) is 26.3 Å². The van der Waals surface area contributed by atoms with E-state index in [2.05, 4.69) is 102 Å². The second-order valence-electron chi connectivity index (χ2n) is 8.27. The van der Waals surface area contributed by atoms with Gasteiger partial charge in [0.15, 0.2) is 0 Å². The van der Waals surface area contributed by atoms with Crippen molar-refractivity contribution in [3.63, 3.8) is 0 Å². The first-order valence-electron chi connectivity index (χ1n) is 11.7. The number of benzene rings is 4. The van der Waals surface area contributed by atoms with E-state index >= 15 is 0 Å². The standard InChI is InChI=1S/C31H31NO2/c33-22-20-32(21-23-34)24-25-16-18-29(19-17-25)31(28-14-8-3-9-15-28)30(26-10-4-1-5-11-26)27-12-6-2-7-13-27/h1-19,33-34H,20-24H2. The van der Waals surface area contributed by atoms with E-state index in [1.807, 2.05) is 18.2 Å². The lowest BCUT2D eigenvalue weighted by Gasteiger charge is -2.21. The smallest absolute Gasteiger partial charge is 0.0558 e. The second-order valence-corrected chi connectivity index (χ2v) is 8.27. The number of hydrogen-bond donors (Lipinski definition) is 2. The molecule has 3 heteroatoms. The Morgan fingerprint density at radius 3 is 1.18 bits per heavy atom. The third-order valence-corrected chi connectivity index (χ3v) is 5.92. The number of hydrogen-bond acceptors (Lipinski definition) is 3. The van der Waals surface area contributed by atoms with Crippen molar-refractivity contribution < 1.29 is 10.2 Å².